The van der Waals surface area contributed by atoms with E-state index in [0.717, 1.165) is 70.1 Å². The van der Waals surface area contributed by atoms with Gasteiger partial charge in [0.15, 0.2) is 5.96 Å². The number of aliphatic imine (C=N–C) groups is 1. The van der Waals surface area contributed by atoms with Gasteiger partial charge in [0.2, 0.25) is 5.91 Å². The molecule has 1 aromatic carbocycles. The molecule has 7 nitrogen and oxygen atoms in total. The summed E-state index contributed by atoms with van der Waals surface area (Å²) in [5.41, 5.74) is 2.33. The van der Waals surface area contributed by atoms with E-state index >= 15 is 0 Å². The van der Waals surface area contributed by atoms with Gasteiger partial charge in [-0.1, -0.05) is 24.3 Å². The average molecular weight is 544 g/mol. The molecule has 2 fully saturated rings. The van der Waals surface area contributed by atoms with E-state index in [2.05, 4.69) is 46.8 Å². The van der Waals surface area contributed by atoms with Crippen LogP contribution in [0.1, 0.15) is 50.2 Å². The molecule has 2 N–H and O–H groups in total. The molecular weight excluding hydrogens is 507 g/mol. The van der Waals surface area contributed by atoms with Crippen molar-refractivity contribution in [2.24, 2.45) is 4.99 Å². The highest BCUT2D eigenvalue weighted by atomic mass is 127. The van der Waals surface area contributed by atoms with Gasteiger partial charge in [0, 0.05) is 45.8 Å². The summed E-state index contributed by atoms with van der Waals surface area (Å²) in [5.74, 6) is 1.09. The zero-order valence-corrected chi connectivity index (χ0v) is 20.9. The number of hydrogen-bond donors (Lipinski definition) is 2. The van der Waals surface area contributed by atoms with Crippen molar-refractivity contribution in [3.8, 4) is 0 Å². The second kappa shape index (κ2) is 14.6. The van der Waals surface area contributed by atoms with Crippen molar-refractivity contribution in [3.63, 3.8) is 0 Å². The van der Waals surface area contributed by atoms with Crippen LogP contribution in [0.4, 0.5) is 0 Å². The summed E-state index contributed by atoms with van der Waals surface area (Å²) in [5, 5.41) is 6.65. The smallest absolute Gasteiger partial charge is 0.222 e. The number of rotatable bonds is 11. The van der Waals surface area contributed by atoms with E-state index in [1.807, 2.05) is 4.90 Å². The molecule has 1 aromatic rings. The van der Waals surface area contributed by atoms with Crippen molar-refractivity contribution < 1.29 is 14.3 Å². The third-order valence-corrected chi connectivity index (χ3v) is 5.42. The Hall–Kier alpha value is -1.39. The van der Waals surface area contributed by atoms with Crippen LogP contribution in [0.3, 0.4) is 0 Å². The summed E-state index contributed by atoms with van der Waals surface area (Å²) in [7, 11) is 0. The molecule has 1 unspecified atom stereocenters. The lowest BCUT2D eigenvalue weighted by Gasteiger charge is -2.15. The number of nitrogens with zero attached hydrogens (tertiary/aromatic N) is 2. The summed E-state index contributed by atoms with van der Waals surface area (Å²) in [4.78, 5) is 18.4. The van der Waals surface area contributed by atoms with E-state index in [9.17, 15) is 4.79 Å². The molecular formula is C23H37IN4O3. The van der Waals surface area contributed by atoms with Crippen LogP contribution >= 0.6 is 24.0 Å². The van der Waals surface area contributed by atoms with Gasteiger partial charge in [-0.25, -0.2) is 4.99 Å². The predicted molar refractivity (Wildman–Crippen MR) is 134 cm³/mol. The molecule has 2 saturated heterocycles. The third-order valence-electron chi connectivity index (χ3n) is 5.42. The Bertz CT molecular complexity index is 678. The molecule has 2 aliphatic heterocycles. The molecule has 0 radical (unpaired) electrons. The van der Waals surface area contributed by atoms with Crippen molar-refractivity contribution in [2.45, 2.75) is 58.2 Å². The Morgan fingerprint density at radius 1 is 1.23 bits per heavy atom. The van der Waals surface area contributed by atoms with Crippen molar-refractivity contribution in [1.82, 2.24) is 15.5 Å². The number of likely N-dealkylation sites (tertiary alicyclic amines) is 1. The number of carbonyl (C=O) groups excluding carboxylic acids is 1. The topological polar surface area (TPSA) is 75.2 Å². The van der Waals surface area contributed by atoms with E-state index in [1.54, 1.807) is 0 Å². The molecule has 0 bridgehead atoms. The molecule has 1 atom stereocenters. The first-order valence-electron chi connectivity index (χ1n) is 11.3. The van der Waals surface area contributed by atoms with Crippen LogP contribution in [0.25, 0.3) is 0 Å². The SMILES string of the molecule is CCNC(=NCc1ccc(CN2CCCC2=O)cc1)NCCCOCC1CCCO1.I. The highest BCUT2D eigenvalue weighted by Crippen LogP contribution is 2.15. The average Bonchev–Trinajstić information content (AvgIpc) is 3.42. The molecule has 8 heteroatoms. The lowest BCUT2D eigenvalue weighted by molar-refractivity contribution is -0.128. The first kappa shape index (κ1) is 25.9. The van der Waals surface area contributed by atoms with Crippen LogP contribution in [0, 0.1) is 0 Å². The standard InChI is InChI=1S/C23H36N4O3.HI/c1-2-24-23(25-12-5-14-29-18-21-6-4-15-30-21)26-16-19-8-10-20(11-9-19)17-27-13-3-7-22(27)28;/h8-11,21H,2-7,12-18H2,1H3,(H2,24,25,26);1H. The number of guanidine groups is 1. The van der Waals surface area contributed by atoms with Gasteiger partial charge in [-0.15, -0.1) is 24.0 Å². The molecule has 0 spiro atoms. The molecule has 2 aliphatic rings. The first-order chi connectivity index (χ1) is 14.7. The maximum Gasteiger partial charge on any atom is 0.222 e. The van der Waals surface area contributed by atoms with E-state index in [4.69, 9.17) is 9.47 Å². The monoisotopic (exact) mass is 544 g/mol. The number of nitrogens with one attached hydrogen (secondary N) is 2. The second-order valence-electron chi connectivity index (χ2n) is 7.92. The minimum absolute atomic E-state index is 0. The Morgan fingerprint density at radius 3 is 2.71 bits per heavy atom. The molecule has 0 aliphatic carbocycles. The van der Waals surface area contributed by atoms with E-state index in [0.29, 0.717) is 32.2 Å². The lowest BCUT2D eigenvalue weighted by Crippen LogP contribution is -2.38. The van der Waals surface area contributed by atoms with Gasteiger partial charge in [0.25, 0.3) is 0 Å². The number of carbonyl (C=O) groups is 1. The first-order valence-corrected chi connectivity index (χ1v) is 11.3. The lowest BCUT2D eigenvalue weighted by atomic mass is 10.1. The quantitative estimate of drug-likeness (QED) is 0.194. The van der Waals surface area contributed by atoms with Gasteiger partial charge >= 0.3 is 0 Å². The van der Waals surface area contributed by atoms with Gasteiger partial charge in [0.05, 0.1) is 19.3 Å². The number of halogens is 1. The molecule has 2 heterocycles. The second-order valence-corrected chi connectivity index (χ2v) is 7.92. The van der Waals surface area contributed by atoms with Crippen LogP contribution < -0.4 is 10.6 Å². The van der Waals surface area contributed by atoms with Gasteiger partial charge in [0.1, 0.15) is 0 Å². The van der Waals surface area contributed by atoms with E-state index in [-0.39, 0.29) is 29.9 Å². The summed E-state index contributed by atoms with van der Waals surface area (Å²) in [6.45, 7) is 8.22. The zero-order valence-electron chi connectivity index (χ0n) is 18.6. The van der Waals surface area contributed by atoms with Crippen molar-refractivity contribution in [2.75, 3.05) is 39.5 Å². The summed E-state index contributed by atoms with van der Waals surface area (Å²) in [6.07, 6.45) is 5.16. The highest BCUT2D eigenvalue weighted by molar-refractivity contribution is 14.0. The van der Waals surface area contributed by atoms with E-state index in [1.165, 1.54) is 5.56 Å². The predicted octanol–water partition coefficient (Wildman–Crippen LogP) is 3.07. The van der Waals surface area contributed by atoms with Gasteiger partial charge in [-0.05, 0) is 43.7 Å². The van der Waals surface area contributed by atoms with E-state index < -0.39 is 0 Å². The van der Waals surface area contributed by atoms with Crippen LogP contribution in [0.2, 0.25) is 0 Å². The van der Waals surface area contributed by atoms with Crippen LogP contribution in [-0.2, 0) is 27.4 Å². The summed E-state index contributed by atoms with van der Waals surface area (Å²) >= 11 is 0. The van der Waals surface area contributed by atoms with Crippen LogP contribution in [-0.4, -0.2) is 62.3 Å². The summed E-state index contributed by atoms with van der Waals surface area (Å²) < 4.78 is 11.3. The zero-order chi connectivity index (χ0) is 21.0. The van der Waals surface area contributed by atoms with Gasteiger partial charge in [-0.2, -0.15) is 0 Å². The van der Waals surface area contributed by atoms with Crippen molar-refractivity contribution in [1.29, 1.82) is 0 Å². The Balaban J connectivity index is 0.00000341. The number of hydrogen-bond acceptors (Lipinski definition) is 4. The Labute approximate surface area is 203 Å². The molecule has 0 saturated carbocycles. The fourth-order valence-electron chi connectivity index (χ4n) is 3.73. The van der Waals surface area contributed by atoms with Crippen LogP contribution in [0.5, 0.6) is 0 Å². The molecule has 174 valence electrons. The van der Waals surface area contributed by atoms with Gasteiger partial charge in [-0.3, -0.25) is 4.79 Å². The maximum atomic E-state index is 11.8. The van der Waals surface area contributed by atoms with Gasteiger partial charge < -0.3 is 25.0 Å². The normalized spacial score (nSPS) is 18.9. The van der Waals surface area contributed by atoms with Crippen LogP contribution in [0.15, 0.2) is 29.3 Å². The van der Waals surface area contributed by atoms with Crippen molar-refractivity contribution >= 4 is 35.8 Å². The molecule has 31 heavy (non-hydrogen) atoms. The molecule has 1 amide bonds. The number of amides is 1. The molecule has 0 aromatic heterocycles. The minimum Gasteiger partial charge on any atom is -0.379 e. The Kier molecular flexibility index (Phi) is 12.2. The van der Waals surface area contributed by atoms with Crippen molar-refractivity contribution in [3.05, 3.63) is 35.4 Å². The maximum absolute atomic E-state index is 11.8. The fourth-order valence-corrected chi connectivity index (χ4v) is 3.73. The molecule has 3 rings (SSSR count). The fraction of sp³-hybridized carbons (Fsp3) is 0.652. The largest absolute Gasteiger partial charge is 0.379 e. The summed E-state index contributed by atoms with van der Waals surface area (Å²) in [6, 6.07) is 8.40. The Morgan fingerprint density at radius 2 is 2.03 bits per heavy atom. The number of benzene rings is 1. The third kappa shape index (κ3) is 9.33. The minimum atomic E-state index is 0. The highest BCUT2D eigenvalue weighted by Gasteiger charge is 2.19. The number of ether oxygens (including phenoxy) is 2.